The van der Waals surface area contributed by atoms with E-state index in [1.807, 2.05) is 0 Å². The van der Waals surface area contributed by atoms with E-state index in [1.165, 1.54) is 16.8 Å². The highest BCUT2D eigenvalue weighted by Gasteiger charge is 2.62. The fraction of sp³-hybridized carbons (Fsp3) is 0.533. The number of nitrogens with zero attached hydrogens (tertiary/aromatic N) is 5. The number of halogens is 3. The van der Waals surface area contributed by atoms with Crippen molar-refractivity contribution < 1.29 is 31.1 Å². The van der Waals surface area contributed by atoms with Crippen LogP contribution in [0, 0.1) is 5.41 Å². The van der Waals surface area contributed by atoms with Crippen molar-refractivity contribution in [3.05, 3.63) is 48.2 Å². The molecular formula is C30H36F3N7O4S. The van der Waals surface area contributed by atoms with Gasteiger partial charge in [0.05, 0.1) is 17.6 Å². The molecule has 15 heteroatoms. The van der Waals surface area contributed by atoms with Gasteiger partial charge >= 0.3 is 6.18 Å². The van der Waals surface area contributed by atoms with Crippen LogP contribution >= 0.6 is 0 Å². The summed E-state index contributed by atoms with van der Waals surface area (Å²) in [6.45, 7) is 4.62. The fourth-order valence-electron chi connectivity index (χ4n) is 6.23. The standard InChI is InChI=1S/C30H36F3N7O4S/c1-28(2)13-11-20-6-3-4-17-34-22-7-5-8-25(35-22)45(42,43)38-27(41)21-9-10-23(36-26(21)40(20)28)39-18-12-24(37-39)44-19-16-29(14-15-29)30(31,32)33/h5,7-10,12,18,20H,3-4,6,11,13-17,19H2,1-2H3,(H,34,35)(H,38,41)/t20-/m1/s1. The van der Waals surface area contributed by atoms with Crippen LogP contribution in [0.3, 0.4) is 0 Å². The first-order chi connectivity index (χ1) is 21.3. The van der Waals surface area contributed by atoms with Gasteiger partial charge in [-0.15, -0.1) is 5.10 Å². The molecule has 1 aliphatic carbocycles. The van der Waals surface area contributed by atoms with E-state index in [9.17, 15) is 26.4 Å². The lowest BCUT2D eigenvalue weighted by Crippen LogP contribution is -2.45. The van der Waals surface area contributed by atoms with E-state index in [4.69, 9.17) is 9.72 Å². The monoisotopic (exact) mass is 647 g/mol. The summed E-state index contributed by atoms with van der Waals surface area (Å²) in [6.07, 6.45) is 1.67. The molecule has 2 N–H and O–H groups in total. The Hall–Kier alpha value is -3.88. The van der Waals surface area contributed by atoms with Gasteiger partial charge in [0.25, 0.3) is 15.9 Å². The third-order valence-electron chi connectivity index (χ3n) is 9.02. The maximum absolute atomic E-state index is 13.7. The largest absolute Gasteiger partial charge is 0.477 e. The second kappa shape index (κ2) is 11.5. The summed E-state index contributed by atoms with van der Waals surface area (Å²) >= 11 is 0. The SMILES string of the molecule is CC1(C)CC[C@H]2CCCCNc3cccc(n3)S(=O)(=O)NC(=O)c3ccc(-n4ccc(OCCC5(C(F)(F)F)CC5)n4)nc3N21. The van der Waals surface area contributed by atoms with Gasteiger partial charge in [-0.3, -0.25) is 4.79 Å². The Morgan fingerprint density at radius 2 is 1.84 bits per heavy atom. The van der Waals surface area contributed by atoms with Crippen LogP contribution in [0.1, 0.15) is 75.6 Å². The van der Waals surface area contributed by atoms with Gasteiger partial charge in [-0.05, 0) is 89.5 Å². The van der Waals surface area contributed by atoms with E-state index in [2.05, 4.69) is 38.9 Å². The molecule has 0 aromatic carbocycles. The van der Waals surface area contributed by atoms with Gasteiger partial charge in [0.15, 0.2) is 10.8 Å². The quantitative estimate of drug-likeness (QED) is 0.382. The van der Waals surface area contributed by atoms with Crippen LogP contribution in [-0.4, -0.2) is 65.0 Å². The molecule has 1 amide bonds. The maximum Gasteiger partial charge on any atom is 0.394 e. The molecule has 0 unspecified atom stereocenters. The summed E-state index contributed by atoms with van der Waals surface area (Å²) in [6, 6.07) is 9.22. The van der Waals surface area contributed by atoms with Crippen LogP contribution in [0.15, 0.2) is 47.6 Å². The van der Waals surface area contributed by atoms with Crippen LogP contribution in [-0.2, 0) is 10.0 Å². The van der Waals surface area contributed by atoms with E-state index in [-0.39, 0.29) is 53.9 Å². The van der Waals surface area contributed by atoms with Crippen LogP contribution < -0.4 is 19.7 Å². The Labute approximate surface area is 259 Å². The highest BCUT2D eigenvalue weighted by atomic mass is 32.2. The fourth-order valence-corrected chi connectivity index (χ4v) is 7.16. The third kappa shape index (κ3) is 6.31. The molecule has 0 spiro atoms. The molecule has 6 rings (SSSR count). The summed E-state index contributed by atoms with van der Waals surface area (Å²) in [5.41, 5.74) is -1.97. The van der Waals surface area contributed by atoms with Gasteiger partial charge in [-0.1, -0.05) is 6.07 Å². The Kier molecular flexibility index (Phi) is 7.94. The molecule has 5 heterocycles. The van der Waals surface area contributed by atoms with Gasteiger partial charge < -0.3 is 15.0 Å². The number of hydrogen-bond donors (Lipinski definition) is 2. The predicted octanol–water partition coefficient (Wildman–Crippen LogP) is 5.24. The number of fused-ring (bicyclic) bond motifs is 5. The Morgan fingerprint density at radius 1 is 1.04 bits per heavy atom. The van der Waals surface area contributed by atoms with E-state index >= 15 is 0 Å². The smallest absolute Gasteiger partial charge is 0.394 e. The minimum Gasteiger partial charge on any atom is -0.477 e. The molecule has 11 nitrogen and oxygen atoms in total. The Bertz CT molecular complexity index is 1690. The number of hydrogen-bond acceptors (Lipinski definition) is 9. The third-order valence-corrected chi connectivity index (χ3v) is 10.3. The molecule has 3 aromatic heterocycles. The molecule has 1 saturated heterocycles. The highest BCUT2D eigenvalue weighted by Crippen LogP contribution is 2.59. The number of rotatable bonds is 5. The molecule has 242 valence electrons. The number of pyridine rings is 2. The summed E-state index contributed by atoms with van der Waals surface area (Å²) in [4.78, 5) is 24.8. The first-order valence-electron chi connectivity index (χ1n) is 15.1. The van der Waals surface area contributed by atoms with Crippen LogP contribution in [0.25, 0.3) is 5.82 Å². The molecule has 1 atom stereocenters. The molecule has 0 radical (unpaired) electrons. The van der Waals surface area contributed by atoms with Crippen LogP contribution in [0.2, 0.25) is 0 Å². The van der Waals surface area contributed by atoms with Crippen molar-refractivity contribution in [1.29, 1.82) is 0 Å². The van der Waals surface area contributed by atoms with Gasteiger partial charge in [0.1, 0.15) is 11.6 Å². The van der Waals surface area contributed by atoms with Gasteiger partial charge in [0, 0.05) is 30.4 Å². The van der Waals surface area contributed by atoms with Gasteiger partial charge in [-0.2, -0.15) is 21.6 Å². The van der Waals surface area contributed by atoms with Crippen LogP contribution in [0.4, 0.5) is 24.8 Å². The molecule has 2 bridgehead atoms. The van der Waals surface area contributed by atoms with E-state index < -0.39 is 27.5 Å². The number of nitrogens with one attached hydrogen (secondary N) is 2. The van der Waals surface area contributed by atoms with Crippen molar-refractivity contribution in [3.63, 3.8) is 0 Å². The number of ether oxygens (including phenoxy) is 1. The number of amides is 1. The molecule has 3 aliphatic rings. The average molecular weight is 648 g/mol. The number of carbonyl (C=O) groups excluding carboxylic acids is 1. The number of alkyl halides is 3. The topological polar surface area (TPSA) is 131 Å². The molecule has 1 saturated carbocycles. The number of aromatic nitrogens is 4. The van der Waals surface area contributed by atoms with Crippen molar-refractivity contribution in [2.24, 2.45) is 5.41 Å². The van der Waals surface area contributed by atoms with E-state index in [0.29, 0.717) is 24.0 Å². The lowest BCUT2D eigenvalue weighted by Gasteiger charge is -2.38. The van der Waals surface area contributed by atoms with Crippen molar-refractivity contribution in [1.82, 2.24) is 24.5 Å². The van der Waals surface area contributed by atoms with Gasteiger partial charge in [0.2, 0.25) is 5.88 Å². The zero-order valence-electron chi connectivity index (χ0n) is 25.1. The van der Waals surface area contributed by atoms with Gasteiger partial charge in [-0.25, -0.2) is 19.4 Å². The first-order valence-corrected chi connectivity index (χ1v) is 16.6. The van der Waals surface area contributed by atoms with Crippen molar-refractivity contribution >= 4 is 27.6 Å². The number of anilines is 2. The molecule has 3 aromatic rings. The first kappa shape index (κ1) is 31.1. The molecule has 45 heavy (non-hydrogen) atoms. The number of sulfonamides is 1. The second-order valence-electron chi connectivity index (χ2n) is 12.6. The summed E-state index contributed by atoms with van der Waals surface area (Å²) < 4.78 is 75.5. The van der Waals surface area contributed by atoms with E-state index in [0.717, 1.165) is 32.1 Å². The molecule has 2 fully saturated rings. The zero-order valence-corrected chi connectivity index (χ0v) is 25.9. The predicted molar refractivity (Wildman–Crippen MR) is 160 cm³/mol. The zero-order chi connectivity index (χ0) is 32.0. The lowest BCUT2D eigenvalue weighted by atomic mass is 10.0. The normalized spacial score (nSPS) is 22.2. The maximum atomic E-state index is 13.7. The van der Waals surface area contributed by atoms with Crippen LogP contribution in [0.5, 0.6) is 5.88 Å². The molecule has 2 aliphatic heterocycles. The van der Waals surface area contributed by atoms with E-state index in [1.54, 1.807) is 30.5 Å². The Morgan fingerprint density at radius 3 is 2.60 bits per heavy atom. The summed E-state index contributed by atoms with van der Waals surface area (Å²) in [5.74, 6) is 0.374. The Balaban J connectivity index is 1.32. The minimum absolute atomic E-state index is 0.0510. The van der Waals surface area contributed by atoms with Crippen molar-refractivity contribution in [3.8, 4) is 11.7 Å². The molecular weight excluding hydrogens is 611 g/mol. The lowest BCUT2D eigenvalue weighted by molar-refractivity contribution is -0.190. The average Bonchev–Trinajstić information content (AvgIpc) is 3.53. The summed E-state index contributed by atoms with van der Waals surface area (Å²) in [7, 11) is -4.31. The number of carbonyl (C=O) groups is 1. The summed E-state index contributed by atoms with van der Waals surface area (Å²) in [5, 5.41) is 7.25. The second-order valence-corrected chi connectivity index (χ2v) is 14.2. The van der Waals surface area contributed by atoms with Crippen molar-refractivity contribution in [2.75, 3.05) is 23.4 Å². The minimum atomic E-state index is -4.31. The van der Waals surface area contributed by atoms with Crippen molar-refractivity contribution in [2.45, 2.75) is 88.0 Å². The highest BCUT2D eigenvalue weighted by molar-refractivity contribution is 7.90.